The third kappa shape index (κ3) is 1.58. The van der Waals surface area contributed by atoms with E-state index in [1.807, 2.05) is 0 Å². The smallest absolute Gasteiger partial charge is 0.296 e. The van der Waals surface area contributed by atoms with Gasteiger partial charge in [-0.3, -0.25) is 0 Å². The first-order valence-corrected chi connectivity index (χ1v) is 4.62. The summed E-state index contributed by atoms with van der Waals surface area (Å²) in [5.41, 5.74) is 6.23. The molecule has 0 saturated heterocycles. The van der Waals surface area contributed by atoms with Crippen molar-refractivity contribution in [3.8, 4) is 0 Å². The molecule has 0 aliphatic carbocycles. The maximum Gasteiger partial charge on any atom is 0.296 e. The van der Waals surface area contributed by atoms with Gasteiger partial charge in [-0.2, -0.15) is 4.98 Å². The van der Waals surface area contributed by atoms with Crippen molar-refractivity contribution < 1.29 is 9.52 Å². The molecule has 0 unspecified atom stereocenters. The van der Waals surface area contributed by atoms with E-state index >= 15 is 0 Å². The zero-order valence-electron chi connectivity index (χ0n) is 6.78. The van der Waals surface area contributed by atoms with E-state index in [0.717, 1.165) is 4.83 Å². The number of oxazole rings is 1. The highest BCUT2D eigenvalue weighted by atomic mass is 32.1. The van der Waals surface area contributed by atoms with E-state index in [1.54, 1.807) is 6.07 Å². The Balaban J connectivity index is 2.24. The molecule has 0 aromatic carbocycles. The van der Waals surface area contributed by atoms with Crippen molar-refractivity contribution in [3.05, 3.63) is 6.07 Å². The van der Waals surface area contributed by atoms with E-state index < -0.39 is 0 Å². The molecule has 13 heavy (non-hydrogen) atoms. The molecule has 2 rings (SSSR count). The number of hydrogen-bond donors (Lipinski definition) is 3. The third-order valence-corrected chi connectivity index (χ3v) is 2.34. The quantitative estimate of drug-likeness (QED) is 0.683. The number of hydrogen-bond acceptors (Lipinski definition) is 6. The Morgan fingerprint density at radius 1 is 1.69 bits per heavy atom. The summed E-state index contributed by atoms with van der Waals surface area (Å²) >= 11 is 1.38. The first kappa shape index (κ1) is 8.33. The normalized spacial score (nSPS) is 10.8. The van der Waals surface area contributed by atoms with Gasteiger partial charge in [-0.1, -0.05) is 11.3 Å². The fourth-order valence-electron chi connectivity index (χ4n) is 0.991. The Kier molecular flexibility index (Phi) is 2.07. The topological polar surface area (TPSA) is 84.3 Å². The Morgan fingerprint density at radius 2 is 2.54 bits per heavy atom. The number of anilines is 2. The fraction of sp³-hybridized carbons (Fsp3) is 0.286. The summed E-state index contributed by atoms with van der Waals surface area (Å²) in [7, 11) is 0. The van der Waals surface area contributed by atoms with E-state index in [1.165, 1.54) is 11.3 Å². The predicted octanol–water partition coefficient (Wildman–Crippen LogP) is 0.876. The molecular formula is C7H9N3O2S. The van der Waals surface area contributed by atoms with Gasteiger partial charge < -0.3 is 20.6 Å². The number of rotatable bonds is 3. The fourth-order valence-corrected chi connectivity index (χ4v) is 1.71. The molecule has 2 aromatic rings. The summed E-state index contributed by atoms with van der Waals surface area (Å²) in [4.78, 5) is 4.90. The van der Waals surface area contributed by atoms with Crippen LogP contribution in [-0.4, -0.2) is 23.2 Å². The molecule has 0 radical (unpaired) electrons. The van der Waals surface area contributed by atoms with Crippen LogP contribution < -0.4 is 11.1 Å². The average molecular weight is 199 g/mol. The van der Waals surface area contributed by atoms with Gasteiger partial charge in [0.1, 0.15) is 0 Å². The number of aliphatic hydroxyl groups is 1. The average Bonchev–Trinajstić information content (AvgIpc) is 2.57. The van der Waals surface area contributed by atoms with Gasteiger partial charge >= 0.3 is 0 Å². The number of nitrogens with zero attached hydrogens (tertiary/aromatic N) is 1. The van der Waals surface area contributed by atoms with Crippen molar-refractivity contribution in [3.63, 3.8) is 0 Å². The lowest BCUT2D eigenvalue weighted by Gasteiger charge is -1.94. The molecule has 0 spiro atoms. The van der Waals surface area contributed by atoms with E-state index in [-0.39, 0.29) is 6.61 Å². The van der Waals surface area contributed by atoms with Gasteiger partial charge in [0.2, 0.25) is 0 Å². The molecule has 0 fully saturated rings. The van der Waals surface area contributed by atoms with E-state index in [9.17, 15) is 0 Å². The molecule has 0 aliphatic heterocycles. The largest absolute Gasteiger partial charge is 0.423 e. The number of nitrogen functional groups attached to an aromatic ring is 1. The standard InChI is InChI=1S/C7H9N3O2S/c8-5-3-4-6(13-5)10-7(12-4)9-1-2-11/h3,11H,1-2,8H2,(H,9,10). The second-order valence-electron chi connectivity index (χ2n) is 2.49. The monoisotopic (exact) mass is 199 g/mol. The molecule has 0 aliphatic rings. The number of nitrogens with two attached hydrogens (primary N) is 1. The number of nitrogens with one attached hydrogen (secondary N) is 1. The van der Waals surface area contributed by atoms with E-state index in [4.69, 9.17) is 15.3 Å². The molecule has 0 saturated carbocycles. The lowest BCUT2D eigenvalue weighted by molar-refractivity contribution is 0.310. The molecule has 0 atom stereocenters. The van der Waals surface area contributed by atoms with Crippen LogP contribution in [0, 0.1) is 0 Å². The van der Waals surface area contributed by atoms with Crippen LogP contribution in [0.5, 0.6) is 0 Å². The summed E-state index contributed by atoms with van der Waals surface area (Å²) in [5, 5.41) is 12.1. The van der Waals surface area contributed by atoms with Crippen LogP contribution in [0.25, 0.3) is 10.4 Å². The zero-order valence-corrected chi connectivity index (χ0v) is 7.60. The van der Waals surface area contributed by atoms with Crippen LogP contribution >= 0.6 is 11.3 Å². The molecule has 4 N–H and O–H groups in total. The van der Waals surface area contributed by atoms with Crippen LogP contribution in [0.3, 0.4) is 0 Å². The Hall–Kier alpha value is -1.27. The number of aromatic nitrogens is 1. The van der Waals surface area contributed by atoms with E-state index in [2.05, 4.69) is 10.3 Å². The van der Waals surface area contributed by atoms with Crippen molar-refractivity contribution in [1.29, 1.82) is 0 Å². The summed E-state index contributed by atoms with van der Waals surface area (Å²) in [6.07, 6.45) is 0. The molecular weight excluding hydrogens is 190 g/mol. The van der Waals surface area contributed by atoms with Gasteiger partial charge in [0.05, 0.1) is 11.6 Å². The SMILES string of the molecule is Nc1cc2oc(NCCO)nc2s1. The van der Waals surface area contributed by atoms with Crippen molar-refractivity contribution in [1.82, 2.24) is 4.98 Å². The zero-order chi connectivity index (χ0) is 9.26. The van der Waals surface area contributed by atoms with Gasteiger partial charge in [0, 0.05) is 12.6 Å². The maximum atomic E-state index is 8.55. The minimum Gasteiger partial charge on any atom is -0.423 e. The minimum absolute atomic E-state index is 0.0537. The molecule has 0 bridgehead atoms. The van der Waals surface area contributed by atoms with Gasteiger partial charge in [-0.25, -0.2) is 0 Å². The lowest BCUT2D eigenvalue weighted by Crippen LogP contribution is -2.05. The minimum atomic E-state index is 0.0537. The highest BCUT2D eigenvalue weighted by Crippen LogP contribution is 2.28. The lowest BCUT2D eigenvalue weighted by atomic mass is 10.6. The van der Waals surface area contributed by atoms with Gasteiger partial charge in [-0.05, 0) is 0 Å². The Bertz CT molecular complexity index is 377. The molecule has 2 heterocycles. The summed E-state index contributed by atoms with van der Waals surface area (Å²) < 4.78 is 5.29. The number of fused-ring (bicyclic) bond motifs is 1. The van der Waals surface area contributed by atoms with Crippen LogP contribution in [-0.2, 0) is 0 Å². The second-order valence-corrected chi connectivity index (χ2v) is 3.55. The Morgan fingerprint density at radius 3 is 3.23 bits per heavy atom. The van der Waals surface area contributed by atoms with Crippen molar-refractivity contribution >= 4 is 32.8 Å². The van der Waals surface area contributed by atoms with Crippen molar-refractivity contribution in [2.45, 2.75) is 0 Å². The second kappa shape index (κ2) is 3.23. The van der Waals surface area contributed by atoms with Crippen LogP contribution in [0.1, 0.15) is 0 Å². The molecule has 70 valence electrons. The van der Waals surface area contributed by atoms with Crippen LogP contribution in [0.4, 0.5) is 11.0 Å². The van der Waals surface area contributed by atoms with E-state index in [0.29, 0.717) is 23.1 Å². The number of aliphatic hydroxyl groups excluding tert-OH is 1. The van der Waals surface area contributed by atoms with Crippen LogP contribution in [0.2, 0.25) is 0 Å². The molecule has 0 amide bonds. The van der Waals surface area contributed by atoms with Gasteiger partial charge in [0.25, 0.3) is 6.01 Å². The molecule has 2 aromatic heterocycles. The van der Waals surface area contributed by atoms with Crippen LogP contribution in [0.15, 0.2) is 10.5 Å². The first-order chi connectivity index (χ1) is 6.29. The first-order valence-electron chi connectivity index (χ1n) is 3.80. The highest BCUT2D eigenvalue weighted by Gasteiger charge is 2.07. The van der Waals surface area contributed by atoms with Gasteiger partial charge in [0.15, 0.2) is 10.4 Å². The number of thiophene rings is 1. The van der Waals surface area contributed by atoms with Gasteiger partial charge in [-0.15, -0.1) is 0 Å². The summed E-state index contributed by atoms with van der Waals surface area (Å²) in [6.45, 7) is 0.488. The predicted molar refractivity (Wildman–Crippen MR) is 51.9 cm³/mol. The summed E-state index contributed by atoms with van der Waals surface area (Å²) in [6, 6.07) is 2.16. The Labute approximate surface area is 78.2 Å². The highest BCUT2D eigenvalue weighted by molar-refractivity contribution is 7.22. The third-order valence-electron chi connectivity index (χ3n) is 1.50. The van der Waals surface area contributed by atoms with Crippen molar-refractivity contribution in [2.24, 2.45) is 0 Å². The summed E-state index contributed by atoms with van der Waals surface area (Å²) in [5.74, 6) is 0. The maximum absolute atomic E-state index is 8.55. The molecule has 5 nitrogen and oxygen atoms in total. The van der Waals surface area contributed by atoms with Crippen molar-refractivity contribution in [2.75, 3.05) is 24.2 Å². The molecule has 6 heteroatoms.